The third-order valence-corrected chi connectivity index (χ3v) is 2.25. The number of pyridine rings is 1. The fourth-order valence-electron chi connectivity index (χ4n) is 1.06. The van der Waals surface area contributed by atoms with Crippen LogP contribution in [-0.2, 0) is 0 Å². The Kier molecular flexibility index (Phi) is 4.17. The Morgan fingerprint density at radius 2 is 2.19 bits per heavy atom. The lowest BCUT2D eigenvalue weighted by Crippen LogP contribution is -2.21. The van der Waals surface area contributed by atoms with Gasteiger partial charge < -0.3 is 15.3 Å². The monoisotopic (exact) mass is 249 g/mol. The van der Waals surface area contributed by atoms with Crippen molar-refractivity contribution < 1.29 is 24.5 Å². The molecule has 0 aromatic carbocycles. The molecule has 0 aliphatic carbocycles. The first-order valence-electron chi connectivity index (χ1n) is 4.28. The standard InChI is InChI=1S/C9H9ClFNO4/c10-2-7(13)8(14)6-1-4(9(15)16)5(11)3-12-6/h1,3,7-8,13-14H,2H2,(H,15,16). The van der Waals surface area contributed by atoms with Gasteiger partial charge in [0, 0.05) is 0 Å². The summed E-state index contributed by atoms with van der Waals surface area (Å²) >= 11 is 5.30. The number of carboxylic acids is 1. The minimum atomic E-state index is -1.48. The predicted octanol–water partition coefficient (Wildman–Crippen LogP) is 0.552. The van der Waals surface area contributed by atoms with Crippen molar-refractivity contribution in [1.29, 1.82) is 0 Å². The number of carboxylic acid groups (broad SMARTS) is 1. The molecule has 3 N–H and O–H groups in total. The van der Waals surface area contributed by atoms with Crippen LogP contribution in [0.5, 0.6) is 0 Å². The molecule has 0 saturated carbocycles. The number of aromatic carboxylic acids is 1. The van der Waals surface area contributed by atoms with Crippen LogP contribution in [0.2, 0.25) is 0 Å². The molecule has 1 aromatic rings. The summed E-state index contributed by atoms with van der Waals surface area (Å²) in [7, 11) is 0. The fourth-order valence-corrected chi connectivity index (χ4v) is 1.23. The molecule has 0 amide bonds. The van der Waals surface area contributed by atoms with E-state index in [0.717, 1.165) is 6.07 Å². The molecule has 7 heteroatoms. The zero-order chi connectivity index (χ0) is 12.3. The topological polar surface area (TPSA) is 90.7 Å². The molecule has 2 unspecified atom stereocenters. The molecule has 0 radical (unpaired) electrons. The zero-order valence-electron chi connectivity index (χ0n) is 7.97. The van der Waals surface area contributed by atoms with E-state index in [1.807, 2.05) is 0 Å². The molecule has 88 valence electrons. The molecule has 0 spiro atoms. The van der Waals surface area contributed by atoms with E-state index < -0.39 is 29.6 Å². The highest BCUT2D eigenvalue weighted by atomic mass is 35.5. The smallest absolute Gasteiger partial charge is 0.338 e. The van der Waals surface area contributed by atoms with Crippen molar-refractivity contribution in [2.24, 2.45) is 0 Å². The number of rotatable bonds is 4. The van der Waals surface area contributed by atoms with E-state index in [2.05, 4.69) is 4.98 Å². The van der Waals surface area contributed by atoms with E-state index in [4.69, 9.17) is 16.7 Å². The van der Waals surface area contributed by atoms with Crippen LogP contribution in [-0.4, -0.2) is 38.3 Å². The van der Waals surface area contributed by atoms with Crippen LogP contribution in [0, 0.1) is 5.82 Å². The van der Waals surface area contributed by atoms with Crippen LogP contribution >= 0.6 is 11.6 Å². The lowest BCUT2D eigenvalue weighted by Gasteiger charge is -2.14. The van der Waals surface area contributed by atoms with Gasteiger partial charge in [-0.3, -0.25) is 4.98 Å². The molecule has 0 bridgehead atoms. The molecule has 0 saturated heterocycles. The average molecular weight is 250 g/mol. The zero-order valence-corrected chi connectivity index (χ0v) is 8.73. The van der Waals surface area contributed by atoms with Crippen molar-refractivity contribution in [2.45, 2.75) is 12.2 Å². The minimum absolute atomic E-state index is 0.146. The van der Waals surface area contributed by atoms with Gasteiger partial charge in [-0.15, -0.1) is 11.6 Å². The summed E-state index contributed by atoms with van der Waals surface area (Å²) in [5.41, 5.74) is -0.766. The molecule has 0 aliphatic rings. The van der Waals surface area contributed by atoms with Crippen LogP contribution in [0.15, 0.2) is 12.3 Å². The Morgan fingerprint density at radius 3 is 2.69 bits per heavy atom. The van der Waals surface area contributed by atoms with E-state index in [0.29, 0.717) is 6.20 Å². The van der Waals surface area contributed by atoms with E-state index in [1.54, 1.807) is 0 Å². The van der Waals surface area contributed by atoms with Gasteiger partial charge in [0.15, 0.2) is 5.82 Å². The maximum Gasteiger partial charge on any atom is 0.338 e. The second-order valence-corrected chi connectivity index (χ2v) is 3.37. The van der Waals surface area contributed by atoms with Crippen molar-refractivity contribution in [3.63, 3.8) is 0 Å². The quantitative estimate of drug-likeness (QED) is 0.678. The minimum Gasteiger partial charge on any atom is -0.478 e. The summed E-state index contributed by atoms with van der Waals surface area (Å²) < 4.78 is 13.0. The first kappa shape index (κ1) is 12.8. The Labute approximate surface area is 95.1 Å². The van der Waals surface area contributed by atoms with Crippen molar-refractivity contribution in [3.05, 3.63) is 29.3 Å². The van der Waals surface area contributed by atoms with Gasteiger partial charge in [-0.1, -0.05) is 0 Å². The third-order valence-electron chi connectivity index (χ3n) is 1.93. The number of aliphatic hydroxyl groups is 2. The number of carbonyl (C=O) groups is 1. The summed E-state index contributed by atoms with van der Waals surface area (Å²) in [4.78, 5) is 14.1. The molecule has 16 heavy (non-hydrogen) atoms. The molecule has 0 fully saturated rings. The number of hydrogen-bond acceptors (Lipinski definition) is 4. The largest absolute Gasteiger partial charge is 0.478 e. The predicted molar refractivity (Wildman–Crippen MR) is 52.8 cm³/mol. The van der Waals surface area contributed by atoms with Crippen molar-refractivity contribution in [1.82, 2.24) is 4.98 Å². The van der Waals surface area contributed by atoms with Crippen molar-refractivity contribution in [3.8, 4) is 0 Å². The van der Waals surface area contributed by atoms with Gasteiger partial charge in [0.2, 0.25) is 0 Å². The molecule has 0 aliphatic heterocycles. The van der Waals surface area contributed by atoms with Crippen LogP contribution in [0.1, 0.15) is 22.2 Å². The Balaban J connectivity index is 3.07. The summed E-state index contributed by atoms with van der Waals surface area (Å²) in [6, 6.07) is 0.859. The highest BCUT2D eigenvalue weighted by molar-refractivity contribution is 6.18. The molecule has 1 heterocycles. The van der Waals surface area contributed by atoms with E-state index in [-0.39, 0.29) is 11.6 Å². The summed E-state index contributed by atoms with van der Waals surface area (Å²) in [6.45, 7) is 0. The molecule has 1 rings (SSSR count). The van der Waals surface area contributed by atoms with Gasteiger partial charge in [-0.25, -0.2) is 9.18 Å². The highest BCUT2D eigenvalue weighted by Crippen LogP contribution is 2.18. The molecule has 2 atom stereocenters. The molecule has 1 aromatic heterocycles. The maximum atomic E-state index is 13.0. The first-order chi connectivity index (χ1) is 7.47. The number of aromatic nitrogens is 1. The van der Waals surface area contributed by atoms with E-state index >= 15 is 0 Å². The number of aliphatic hydroxyl groups excluding tert-OH is 2. The summed E-state index contributed by atoms with van der Waals surface area (Å²) in [6.07, 6.45) is -2.07. The molecular weight excluding hydrogens is 241 g/mol. The molecular formula is C9H9ClFNO4. The van der Waals surface area contributed by atoms with Gasteiger partial charge in [0.1, 0.15) is 6.10 Å². The van der Waals surface area contributed by atoms with Crippen LogP contribution < -0.4 is 0 Å². The number of hydrogen-bond donors (Lipinski definition) is 3. The van der Waals surface area contributed by atoms with Crippen LogP contribution in [0.25, 0.3) is 0 Å². The number of halogens is 2. The van der Waals surface area contributed by atoms with Gasteiger partial charge >= 0.3 is 5.97 Å². The second kappa shape index (κ2) is 5.20. The van der Waals surface area contributed by atoms with E-state index in [9.17, 15) is 19.4 Å². The fraction of sp³-hybridized carbons (Fsp3) is 0.333. The van der Waals surface area contributed by atoms with Gasteiger partial charge in [-0.2, -0.15) is 0 Å². The Bertz CT molecular complexity index is 401. The van der Waals surface area contributed by atoms with Gasteiger partial charge in [-0.05, 0) is 6.07 Å². The second-order valence-electron chi connectivity index (χ2n) is 3.06. The third kappa shape index (κ3) is 2.66. The summed E-state index contributed by atoms with van der Waals surface area (Å²) in [5, 5.41) is 27.3. The van der Waals surface area contributed by atoms with Crippen LogP contribution in [0.3, 0.4) is 0 Å². The SMILES string of the molecule is O=C(O)c1cc(C(O)C(O)CCl)ncc1F. The molecule has 5 nitrogen and oxygen atoms in total. The lowest BCUT2D eigenvalue weighted by molar-refractivity contribution is 0.0297. The first-order valence-corrected chi connectivity index (χ1v) is 4.81. The maximum absolute atomic E-state index is 13.0. The van der Waals surface area contributed by atoms with Gasteiger partial charge in [0.25, 0.3) is 0 Å². The lowest BCUT2D eigenvalue weighted by atomic mass is 10.1. The highest BCUT2D eigenvalue weighted by Gasteiger charge is 2.21. The van der Waals surface area contributed by atoms with Crippen LogP contribution in [0.4, 0.5) is 4.39 Å². The van der Waals surface area contributed by atoms with Crippen molar-refractivity contribution >= 4 is 17.6 Å². The van der Waals surface area contributed by atoms with Crippen molar-refractivity contribution in [2.75, 3.05) is 5.88 Å². The van der Waals surface area contributed by atoms with Gasteiger partial charge in [0.05, 0.1) is 29.4 Å². The number of alkyl halides is 1. The summed E-state index contributed by atoms with van der Waals surface area (Å²) in [5.74, 6) is -2.74. The number of nitrogens with zero attached hydrogens (tertiary/aromatic N) is 1. The van der Waals surface area contributed by atoms with E-state index in [1.165, 1.54) is 0 Å². The Morgan fingerprint density at radius 1 is 1.56 bits per heavy atom. The average Bonchev–Trinajstić information content (AvgIpc) is 2.27. The Hall–Kier alpha value is -1.24. The normalized spacial score (nSPS) is 14.5.